The summed E-state index contributed by atoms with van der Waals surface area (Å²) in [5, 5.41) is 0. The number of fused-ring (bicyclic) bond motifs is 1. The van der Waals surface area contributed by atoms with Crippen LogP contribution in [0.3, 0.4) is 0 Å². The molecule has 1 aliphatic rings. The zero-order valence-corrected chi connectivity index (χ0v) is 12.8. The van der Waals surface area contributed by atoms with Crippen molar-refractivity contribution in [1.29, 1.82) is 0 Å². The van der Waals surface area contributed by atoms with E-state index < -0.39 is 0 Å². The van der Waals surface area contributed by atoms with E-state index in [-0.39, 0.29) is 0 Å². The van der Waals surface area contributed by atoms with Gasteiger partial charge in [-0.2, -0.15) is 0 Å². The third kappa shape index (κ3) is 2.12. The van der Waals surface area contributed by atoms with Crippen molar-refractivity contribution in [2.24, 2.45) is 0 Å². The molecule has 0 saturated carbocycles. The Balaban J connectivity index is 2.02. The minimum absolute atomic E-state index is 0.908. The van der Waals surface area contributed by atoms with Gasteiger partial charge in [-0.3, -0.25) is 0 Å². The normalized spacial score (nSPS) is 13.7. The van der Waals surface area contributed by atoms with Crippen molar-refractivity contribution < 1.29 is 0 Å². The van der Waals surface area contributed by atoms with Crippen LogP contribution in [0.5, 0.6) is 0 Å². The Morgan fingerprint density at radius 1 is 1.11 bits per heavy atom. The van der Waals surface area contributed by atoms with Crippen molar-refractivity contribution in [3.63, 3.8) is 0 Å². The van der Waals surface area contributed by atoms with Gasteiger partial charge in [0.1, 0.15) is 0 Å². The summed E-state index contributed by atoms with van der Waals surface area (Å²) in [5.74, 6) is 0. The summed E-state index contributed by atoms with van der Waals surface area (Å²) in [6.07, 6.45) is 0. The highest BCUT2D eigenvalue weighted by atomic mass is 79.9. The van der Waals surface area contributed by atoms with Crippen LogP contribution in [0.4, 0.5) is 11.4 Å². The molecule has 0 aliphatic carbocycles. The summed E-state index contributed by atoms with van der Waals surface area (Å²) in [6.45, 7) is 6.19. The highest BCUT2D eigenvalue weighted by Gasteiger charge is 2.23. The Morgan fingerprint density at radius 3 is 2.42 bits per heavy atom. The number of hydrogen-bond acceptors (Lipinski definition) is 2. The molecule has 0 fully saturated rings. The van der Waals surface area contributed by atoms with E-state index in [1.165, 1.54) is 27.9 Å². The monoisotopic (exact) mass is 316 g/mol. The van der Waals surface area contributed by atoms with E-state index in [1.807, 2.05) is 12.1 Å². The first-order chi connectivity index (χ1) is 9.06. The first kappa shape index (κ1) is 12.5. The molecule has 1 heterocycles. The van der Waals surface area contributed by atoms with Gasteiger partial charge in [-0.25, -0.2) is 0 Å². The fraction of sp³-hybridized carbons (Fsp3) is 0.250. The molecule has 0 radical (unpaired) electrons. The van der Waals surface area contributed by atoms with Gasteiger partial charge in [0.15, 0.2) is 0 Å². The molecule has 0 saturated heterocycles. The maximum absolute atomic E-state index is 6.08. The second kappa shape index (κ2) is 4.57. The van der Waals surface area contributed by atoms with Gasteiger partial charge >= 0.3 is 0 Å². The van der Waals surface area contributed by atoms with E-state index in [0.717, 1.165) is 23.2 Å². The molecule has 0 spiro atoms. The third-order valence-corrected chi connectivity index (χ3v) is 4.25. The lowest BCUT2D eigenvalue weighted by atomic mass is 10.1. The lowest BCUT2D eigenvalue weighted by Gasteiger charge is -2.23. The molecule has 0 atom stereocenters. The molecule has 0 amide bonds. The first-order valence-corrected chi connectivity index (χ1v) is 7.23. The van der Waals surface area contributed by atoms with Crippen molar-refractivity contribution in [2.75, 3.05) is 10.6 Å². The third-order valence-electron chi connectivity index (χ3n) is 3.79. The lowest BCUT2D eigenvalue weighted by Crippen LogP contribution is -2.17. The summed E-state index contributed by atoms with van der Waals surface area (Å²) >= 11 is 3.56. The average molecular weight is 317 g/mol. The largest absolute Gasteiger partial charge is 0.398 e. The Hall–Kier alpha value is -1.48. The molecular weight excluding hydrogens is 300 g/mol. The number of benzene rings is 2. The summed E-state index contributed by atoms with van der Waals surface area (Å²) < 4.78 is 1.14. The molecule has 98 valence electrons. The predicted molar refractivity (Wildman–Crippen MR) is 84.4 cm³/mol. The van der Waals surface area contributed by atoms with Crippen molar-refractivity contribution in [3.05, 3.63) is 57.1 Å². The minimum atomic E-state index is 0.908. The fourth-order valence-electron chi connectivity index (χ4n) is 3.01. The van der Waals surface area contributed by atoms with E-state index in [2.05, 4.69) is 52.9 Å². The van der Waals surface area contributed by atoms with E-state index in [9.17, 15) is 0 Å². The SMILES string of the molecule is Cc1cc(Br)cc(C)c1N1Cc2cccc(N)c2C1. The van der Waals surface area contributed by atoms with Gasteiger partial charge in [-0.1, -0.05) is 28.1 Å². The molecule has 0 unspecified atom stereocenters. The zero-order valence-electron chi connectivity index (χ0n) is 11.2. The van der Waals surface area contributed by atoms with Gasteiger partial charge in [0.25, 0.3) is 0 Å². The maximum atomic E-state index is 6.08. The van der Waals surface area contributed by atoms with Crippen LogP contribution >= 0.6 is 15.9 Å². The Labute approximate surface area is 122 Å². The van der Waals surface area contributed by atoms with Crippen LogP contribution in [0.2, 0.25) is 0 Å². The van der Waals surface area contributed by atoms with Crippen LogP contribution in [0.1, 0.15) is 22.3 Å². The Kier molecular flexibility index (Phi) is 3.02. The molecule has 2 nitrogen and oxygen atoms in total. The second-order valence-electron chi connectivity index (χ2n) is 5.23. The quantitative estimate of drug-likeness (QED) is 0.800. The van der Waals surface area contributed by atoms with Crippen molar-refractivity contribution in [2.45, 2.75) is 26.9 Å². The van der Waals surface area contributed by atoms with Crippen LogP contribution in [0.15, 0.2) is 34.8 Å². The molecule has 19 heavy (non-hydrogen) atoms. The maximum Gasteiger partial charge on any atom is 0.0457 e. The molecular formula is C16H17BrN2. The van der Waals surface area contributed by atoms with Crippen molar-refractivity contribution in [1.82, 2.24) is 0 Å². The van der Waals surface area contributed by atoms with Gasteiger partial charge in [-0.15, -0.1) is 0 Å². The van der Waals surface area contributed by atoms with Crippen molar-refractivity contribution >= 4 is 27.3 Å². The molecule has 2 N–H and O–H groups in total. The highest BCUT2D eigenvalue weighted by Crippen LogP contribution is 2.36. The summed E-state index contributed by atoms with van der Waals surface area (Å²) in [5.41, 5.74) is 13.6. The molecule has 3 rings (SSSR count). The number of nitrogen functional groups attached to an aromatic ring is 1. The topological polar surface area (TPSA) is 29.3 Å². The second-order valence-corrected chi connectivity index (χ2v) is 6.14. The average Bonchev–Trinajstić information content (AvgIpc) is 2.72. The van der Waals surface area contributed by atoms with E-state index in [4.69, 9.17) is 5.73 Å². The van der Waals surface area contributed by atoms with Gasteiger partial charge < -0.3 is 10.6 Å². The van der Waals surface area contributed by atoms with E-state index in [1.54, 1.807) is 0 Å². The number of halogens is 1. The standard InChI is InChI=1S/C16H17BrN2/c1-10-6-13(17)7-11(2)16(10)19-8-12-4-3-5-15(18)14(12)9-19/h3-7H,8-9,18H2,1-2H3. The smallest absolute Gasteiger partial charge is 0.0457 e. The van der Waals surface area contributed by atoms with Crippen LogP contribution < -0.4 is 10.6 Å². The molecule has 2 aromatic carbocycles. The number of anilines is 2. The van der Waals surface area contributed by atoms with Gasteiger partial charge in [0.05, 0.1) is 0 Å². The predicted octanol–water partition coefficient (Wildman–Crippen LogP) is 4.17. The lowest BCUT2D eigenvalue weighted by molar-refractivity contribution is 0.870. The number of nitrogens with zero attached hydrogens (tertiary/aromatic N) is 1. The molecule has 3 heteroatoms. The Bertz CT molecular complexity index is 626. The van der Waals surface area contributed by atoms with E-state index in [0.29, 0.717) is 0 Å². The summed E-state index contributed by atoms with van der Waals surface area (Å²) in [6, 6.07) is 10.6. The molecule has 0 bridgehead atoms. The van der Waals surface area contributed by atoms with Crippen LogP contribution in [0, 0.1) is 13.8 Å². The number of hydrogen-bond donors (Lipinski definition) is 1. The van der Waals surface area contributed by atoms with Crippen LogP contribution in [-0.4, -0.2) is 0 Å². The number of nitrogens with two attached hydrogens (primary N) is 1. The first-order valence-electron chi connectivity index (χ1n) is 6.44. The van der Waals surface area contributed by atoms with Gasteiger partial charge in [0, 0.05) is 28.9 Å². The van der Waals surface area contributed by atoms with Crippen LogP contribution in [0.25, 0.3) is 0 Å². The summed E-state index contributed by atoms with van der Waals surface area (Å²) in [4.78, 5) is 2.41. The molecule has 2 aromatic rings. The number of rotatable bonds is 1. The minimum Gasteiger partial charge on any atom is -0.398 e. The van der Waals surface area contributed by atoms with Crippen LogP contribution in [-0.2, 0) is 13.1 Å². The highest BCUT2D eigenvalue weighted by molar-refractivity contribution is 9.10. The number of aryl methyl sites for hydroxylation is 2. The fourth-order valence-corrected chi connectivity index (χ4v) is 3.69. The summed E-state index contributed by atoms with van der Waals surface area (Å²) in [7, 11) is 0. The van der Waals surface area contributed by atoms with E-state index >= 15 is 0 Å². The molecule has 1 aliphatic heterocycles. The molecule has 0 aromatic heterocycles. The zero-order chi connectivity index (χ0) is 13.6. The van der Waals surface area contributed by atoms with Gasteiger partial charge in [0.2, 0.25) is 0 Å². The van der Waals surface area contributed by atoms with Crippen molar-refractivity contribution in [3.8, 4) is 0 Å². The van der Waals surface area contributed by atoms with Gasteiger partial charge in [-0.05, 0) is 54.3 Å². The Morgan fingerprint density at radius 2 is 1.79 bits per heavy atom.